The summed E-state index contributed by atoms with van der Waals surface area (Å²) in [5.41, 5.74) is 6.80. The minimum Gasteiger partial charge on any atom is -0.384 e. The largest absolute Gasteiger partial charge is 0.384 e. The van der Waals surface area contributed by atoms with E-state index in [0.717, 1.165) is 0 Å². The second-order valence-corrected chi connectivity index (χ2v) is 3.33. The third kappa shape index (κ3) is 1.91. The maximum absolute atomic E-state index is 13.5. The van der Waals surface area contributed by atoms with Gasteiger partial charge in [-0.15, -0.1) is 0 Å². The van der Waals surface area contributed by atoms with E-state index in [0.29, 0.717) is 28.8 Å². The van der Waals surface area contributed by atoms with Gasteiger partial charge in [0.1, 0.15) is 17.9 Å². The molecule has 0 aliphatic carbocycles. The number of carbonyl (C=O) groups is 1. The van der Waals surface area contributed by atoms with E-state index in [4.69, 9.17) is 5.73 Å². The highest BCUT2D eigenvalue weighted by Gasteiger charge is 2.06. The van der Waals surface area contributed by atoms with E-state index in [2.05, 4.69) is 4.98 Å². The molecule has 80 valence electrons. The summed E-state index contributed by atoms with van der Waals surface area (Å²) in [5.74, 6) is -0.0205. The van der Waals surface area contributed by atoms with E-state index in [-0.39, 0.29) is 0 Å². The van der Waals surface area contributed by atoms with Crippen LogP contribution in [-0.2, 0) is 0 Å². The Balaban J connectivity index is 2.54. The van der Waals surface area contributed by atoms with Crippen LogP contribution in [0.3, 0.4) is 0 Å². The zero-order chi connectivity index (χ0) is 11.5. The number of carbonyl (C=O) groups excluding carboxylic acids is 1. The van der Waals surface area contributed by atoms with Crippen molar-refractivity contribution >= 4 is 12.1 Å². The van der Waals surface area contributed by atoms with Crippen LogP contribution in [0.1, 0.15) is 10.4 Å². The highest BCUT2D eigenvalue weighted by atomic mass is 19.1. The van der Waals surface area contributed by atoms with Crippen molar-refractivity contribution in [1.82, 2.24) is 4.98 Å². The Morgan fingerprint density at radius 1 is 1.25 bits per heavy atom. The highest BCUT2D eigenvalue weighted by Crippen LogP contribution is 2.23. The van der Waals surface area contributed by atoms with Gasteiger partial charge in [-0.1, -0.05) is 0 Å². The number of nitrogen functional groups attached to an aromatic ring is 1. The van der Waals surface area contributed by atoms with E-state index in [9.17, 15) is 9.18 Å². The molecule has 1 aromatic carbocycles. The number of hydrogen-bond donors (Lipinski definition) is 1. The number of hydrogen-bond acceptors (Lipinski definition) is 3. The fourth-order valence-electron chi connectivity index (χ4n) is 1.40. The molecule has 3 nitrogen and oxygen atoms in total. The molecule has 0 aliphatic rings. The van der Waals surface area contributed by atoms with E-state index < -0.39 is 5.82 Å². The topological polar surface area (TPSA) is 56.0 Å². The first-order valence-electron chi connectivity index (χ1n) is 4.67. The molecular formula is C12H9FN2O. The Kier molecular flexibility index (Phi) is 2.64. The first kappa shape index (κ1) is 10.3. The Hall–Kier alpha value is -2.23. The molecule has 4 heteroatoms. The molecule has 0 amide bonds. The standard InChI is InChI=1S/C12H9FN2O/c13-11-3-1-8(7-16)5-10(11)9-2-4-12(14)15-6-9/h1-7H,(H2,14,15). The lowest BCUT2D eigenvalue weighted by atomic mass is 10.0. The van der Waals surface area contributed by atoms with Crippen molar-refractivity contribution in [3.05, 3.63) is 47.9 Å². The number of rotatable bonds is 2. The SMILES string of the molecule is Nc1ccc(-c2cc(C=O)ccc2F)cn1. The number of aldehydes is 1. The smallest absolute Gasteiger partial charge is 0.150 e. The number of pyridine rings is 1. The molecule has 0 fully saturated rings. The maximum atomic E-state index is 13.5. The molecule has 0 aliphatic heterocycles. The lowest BCUT2D eigenvalue weighted by molar-refractivity contribution is 0.112. The summed E-state index contributed by atoms with van der Waals surface area (Å²) < 4.78 is 13.5. The van der Waals surface area contributed by atoms with Gasteiger partial charge in [-0.3, -0.25) is 4.79 Å². The molecule has 0 saturated carbocycles. The predicted octanol–water partition coefficient (Wildman–Crippen LogP) is 2.28. The van der Waals surface area contributed by atoms with Gasteiger partial charge < -0.3 is 5.73 Å². The van der Waals surface area contributed by atoms with Gasteiger partial charge in [-0.05, 0) is 30.3 Å². The first-order valence-corrected chi connectivity index (χ1v) is 4.67. The van der Waals surface area contributed by atoms with E-state index in [1.807, 2.05) is 0 Å². The van der Waals surface area contributed by atoms with Crippen LogP contribution in [0.4, 0.5) is 10.2 Å². The molecule has 1 heterocycles. The third-order valence-corrected chi connectivity index (χ3v) is 2.22. The van der Waals surface area contributed by atoms with Gasteiger partial charge >= 0.3 is 0 Å². The minimum atomic E-state index is -0.392. The van der Waals surface area contributed by atoms with Crippen LogP contribution in [-0.4, -0.2) is 11.3 Å². The minimum absolute atomic E-state index is 0.345. The molecule has 2 rings (SSSR count). The average Bonchev–Trinajstić information content (AvgIpc) is 2.31. The molecule has 2 N–H and O–H groups in total. The van der Waals surface area contributed by atoms with Crippen molar-refractivity contribution in [2.75, 3.05) is 5.73 Å². The van der Waals surface area contributed by atoms with Gasteiger partial charge in [0.25, 0.3) is 0 Å². The second kappa shape index (κ2) is 4.10. The zero-order valence-corrected chi connectivity index (χ0v) is 8.35. The fraction of sp³-hybridized carbons (Fsp3) is 0. The summed E-state index contributed by atoms with van der Waals surface area (Å²) in [6.07, 6.45) is 2.15. The van der Waals surface area contributed by atoms with Gasteiger partial charge in [0.15, 0.2) is 0 Å². The Labute approximate surface area is 91.7 Å². The van der Waals surface area contributed by atoms with Crippen LogP contribution in [0.15, 0.2) is 36.5 Å². The van der Waals surface area contributed by atoms with Crippen molar-refractivity contribution in [3.63, 3.8) is 0 Å². The molecule has 0 saturated heterocycles. The van der Waals surface area contributed by atoms with Crippen LogP contribution in [0.2, 0.25) is 0 Å². The maximum Gasteiger partial charge on any atom is 0.150 e. The molecule has 0 unspecified atom stereocenters. The summed E-state index contributed by atoms with van der Waals surface area (Å²) in [7, 11) is 0. The van der Waals surface area contributed by atoms with E-state index in [1.165, 1.54) is 24.4 Å². The van der Waals surface area contributed by atoms with E-state index in [1.54, 1.807) is 12.1 Å². The van der Waals surface area contributed by atoms with Crippen LogP contribution in [0, 0.1) is 5.82 Å². The summed E-state index contributed by atoms with van der Waals surface area (Å²) in [6.45, 7) is 0. The first-order chi connectivity index (χ1) is 7.70. The second-order valence-electron chi connectivity index (χ2n) is 3.33. The Morgan fingerprint density at radius 3 is 2.69 bits per heavy atom. The molecule has 0 spiro atoms. The van der Waals surface area contributed by atoms with Crippen molar-refractivity contribution in [1.29, 1.82) is 0 Å². The number of nitrogens with zero attached hydrogens (tertiary/aromatic N) is 1. The quantitative estimate of drug-likeness (QED) is 0.783. The van der Waals surface area contributed by atoms with Crippen LogP contribution in [0.25, 0.3) is 11.1 Å². The molecule has 0 atom stereocenters. The van der Waals surface area contributed by atoms with E-state index >= 15 is 0 Å². The summed E-state index contributed by atoms with van der Waals surface area (Å²) in [5, 5.41) is 0. The lowest BCUT2D eigenvalue weighted by Crippen LogP contribution is -1.92. The van der Waals surface area contributed by atoms with Crippen molar-refractivity contribution in [2.45, 2.75) is 0 Å². The number of anilines is 1. The Bertz CT molecular complexity index is 523. The van der Waals surface area contributed by atoms with Gasteiger partial charge in [0.2, 0.25) is 0 Å². The third-order valence-electron chi connectivity index (χ3n) is 2.22. The molecule has 16 heavy (non-hydrogen) atoms. The normalized spacial score (nSPS) is 10.1. The number of aromatic nitrogens is 1. The predicted molar refractivity (Wildman–Crippen MR) is 59.4 cm³/mol. The van der Waals surface area contributed by atoms with Crippen molar-refractivity contribution in [2.24, 2.45) is 0 Å². The van der Waals surface area contributed by atoms with Crippen molar-refractivity contribution in [3.8, 4) is 11.1 Å². The number of halogens is 1. The van der Waals surface area contributed by atoms with Gasteiger partial charge in [0.05, 0.1) is 0 Å². The highest BCUT2D eigenvalue weighted by molar-refractivity contribution is 5.79. The van der Waals surface area contributed by atoms with Gasteiger partial charge in [-0.2, -0.15) is 0 Å². The van der Waals surface area contributed by atoms with Crippen LogP contribution >= 0.6 is 0 Å². The summed E-state index contributed by atoms with van der Waals surface area (Å²) in [4.78, 5) is 14.5. The zero-order valence-electron chi connectivity index (χ0n) is 8.35. The fourth-order valence-corrected chi connectivity index (χ4v) is 1.40. The van der Waals surface area contributed by atoms with Crippen LogP contribution in [0.5, 0.6) is 0 Å². The average molecular weight is 216 g/mol. The number of nitrogens with two attached hydrogens (primary N) is 1. The van der Waals surface area contributed by atoms with Gasteiger partial charge in [0, 0.05) is 22.9 Å². The lowest BCUT2D eigenvalue weighted by Gasteiger charge is -2.04. The Morgan fingerprint density at radius 2 is 2.06 bits per heavy atom. The van der Waals surface area contributed by atoms with Crippen LogP contribution < -0.4 is 5.73 Å². The molecular weight excluding hydrogens is 207 g/mol. The summed E-state index contributed by atoms with van der Waals surface area (Å²) in [6, 6.07) is 7.42. The van der Waals surface area contributed by atoms with Crippen molar-refractivity contribution < 1.29 is 9.18 Å². The number of benzene rings is 1. The molecule has 2 aromatic rings. The summed E-state index contributed by atoms with van der Waals surface area (Å²) >= 11 is 0. The van der Waals surface area contributed by atoms with Gasteiger partial charge in [-0.25, -0.2) is 9.37 Å². The monoisotopic (exact) mass is 216 g/mol. The molecule has 0 radical (unpaired) electrons. The molecule has 0 bridgehead atoms. The molecule has 1 aromatic heterocycles.